The van der Waals surface area contributed by atoms with E-state index in [1.807, 2.05) is 31.2 Å². The Labute approximate surface area is 168 Å². The summed E-state index contributed by atoms with van der Waals surface area (Å²) in [6.07, 6.45) is 1.52. The molecule has 8 heteroatoms. The lowest BCUT2D eigenvalue weighted by Crippen LogP contribution is -2.18. The summed E-state index contributed by atoms with van der Waals surface area (Å²) in [5.41, 5.74) is 5.06. The van der Waals surface area contributed by atoms with Gasteiger partial charge in [0, 0.05) is 5.56 Å². The molecular weight excluding hydrogens is 372 g/mol. The van der Waals surface area contributed by atoms with Crippen LogP contribution >= 0.6 is 0 Å². The molecule has 8 nitrogen and oxygen atoms in total. The minimum absolute atomic E-state index is 0.304. The van der Waals surface area contributed by atoms with Gasteiger partial charge in [0.2, 0.25) is 0 Å². The zero-order chi connectivity index (χ0) is 20.6. The van der Waals surface area contributed by atoms with E-state index < -0.39 is 5.91 Å². The topological polar surface area (TPSA) is 97.8 Å². The Kier molecular flexibility index (Phi) is 6.47. The number of methoxy groups -OCH3 is 2. The Hall–Kier alpha value is -3.81. The lowest BCUT2D eigenvalue weighted by atomic mass is 10.1. The average molecular weight is 394 g/mol. The van der Waals surface area contributed by atoms with E-state index in [-0.39, 0.29) is 0 Å². The summed E-state index contributed by atoms with van der Waals surface area (Å²) in [6, 6.07) is 14.5. The van der Waals surface area contributed by atoms with Gasteiger partial charge >= 0.3 is 0 Å². The molecule has 0 bridgehead atoms. The molecule has 0 saturated heterocycles. The maximum Gasteiger partial charge on any atom is 0.289 e. The summed E-state index contributed by atoms with van der Waals surface area (Å²) in [5.74, 6) is 1.59. The Balaban J connectivity index is 1.63. The van der Waals surface area contributed by atoms with Crippen molar-refractivity contribution >= 4 is 12.1 Å². The molecule has 0 spiro atoms. The van der Waals surface area contributed by atoms with Crippen LogP contribution in [0.15, 0.2) is 53.6 Å². The Morgan fingerprint density at radius 3 is 2.55 bits per heavy atom. The molecule has 1 amide bonds. The number of nitrogens with zero attached hydrogens (tertiary/aromatic N) is 2. The fraction of sp³-hybridized carbons (Fsp3) is 0.190. The van der Waals surface area contributed by atoms with Crippen molar-refractivity contribution in [1.29, 1.82) is 0 Å². The molecule has 0 aliphatic heterocycles. The first-order valence-electron chi connectivity index (χ1n) is 8.98. The van der Waals surface area contributed by atoms with Crippen molar-refractivity contribution in [2.24, 2.45) is 5.10 Å². The molecule has 0 aliphatic rings. The van der Waals surface area contributed by atoms with E-state index in [4.69, 9.17) is 14.2 Å². The van der Waals surface area contributed by atoms with Crippen LogP contribution in [0.2, 0.25) is 0 Å². The number of H-pyrrole nitrogens is 1. The molecule has 1 aromatic heterocycles. The number of hydrazone groups is 1. The van der Waals surface area contributed by atoms with Crippen LogP contribution in [0.3, 0.4) is 0 Å². The average Bonchev–Trinajstić information content (AvgIpc) is 3.24. The third kappa shape index (κ3) is 4.92. The molecule has 0 fully saturated rings. The maximum absolute atomic E-state index is 12.3. The van der Waals surface area contributed by atoms with Crippen LogP contribution in [-0.4, -0.2) is 43.1 Å². The van der Waals surface area contributed by atoms with Gasteiger partial charge in [-0.25, -0.2) is 5.43 Å². The summed E-state index contributed by atoms with van der Waals surface area (Å²) in [4.78, 5) is 12.3. The van der Waals surface area contributed by atoms with Gasteiger partial charge in [-0.05, 0) is 61.0 Å². The molecule has 0 saturated carbocycles. The lowest BCUT2D eigenvalue weighted by molar-refractivity contribution is 0.0950. The smallest absolute Gasteiger partial charge is 0.289 e. The number of nitrogens with one attached hydrogen (secondary N) is 2. The van der Waals surface area contributed by atoms with Gasteiger partial charge in [-0.3, -0.25) is 9.89 Å². The first kappa shape index (κ1) is 19.9. The highest BCUT2D eigenvalue weighted by Crippen LogP contribution is 2.26. The molecule has 0 aliphatic carbocycles. The number of aromatic nitrogens is 2. The number of hydrogen-bond acceptors (Lipinski definition) is 6. The highest BCUT2D eigenvalue weighted by molar-refractivity contribution is 5.94. The predicted octanol–water partition coefficient (Wildman–Crippen LogP) is 3.26. The summed E-state index contributed by atoms with van der Waals surface area (Å²) in [6.45, 7) is 2.54. The molecule has 2 aromatic carbocycles. The van der Waals surface area contributed by atoms with Crippen LogP contribution in [0.25, 0.3) is 11.3 Å². The molecule has 0 unspecified atom stereocenters. The second-order valence-corrected chi connectivity index (χ2v) is 5.94. The third-order valence-electron chi connectivity index (χ3n) is 4.07. The zero-order valence-corrected chi connectivity index (χ0v) is 16.4. The van der Waals surface area contributed by atoms with Crippen LogP contribution in [0.4, 0.5) is 0 Å². The molecular formula is C21H22N4O4. The van der Waals surface area contributed by atoms with Crippen molar-refractivity contribution in [3.63, 3.8) is 0 Å². The second-order valence-electron chi connectivity index (χ2n) is 5.94. The highest BCUT2D eigenvalue weighted by atomic mass is 16.5. The van der Waals surface area contributed by atoms with Gasteiger partial charge in [0.25, 0.3) is 5.91 Å². The van der Waals surface area contributed by atoms with Gasteiger partial charge in [0.05, 0.1) is 32.7 Å². The van der Waals surface area contributed by atoms with Crippen molar-refractivity contribution in [2.75, 3.05) is 20.8 Å². The van der Waals surface area contributed by atoms with Crippen molar-refractivity contribution < 1.29 is 19.0 Å². The van der Waals surface area contributed by atoms with Crippen molar-refractivity contribution in [3.05, 3.63) is 59.8 Å². The molecule has 1 heterocycles. The summed E-state index contributed by atoms with van der Waals surface area (Å²) in [7, 11) is 3.12. The molecule has 150 valence electrons. The van der Waals surface area contributed by atoms with Gasteiger partial charge in [0.1, 0.15) is 11.4 Å². The lowest BCUT2D eigenvalue weighted by Gasteiger charge is -2.07. The van der Waals surface area contributed by atoms with Crippen LogP contribution in [0.5, 0.6) is 17.2 Å². The SMILES string of the molecule is CCOc1ccc(-c2cc(C(=O)N/N=C\c3ccc(OC)c(OC)c3)[nH]n2)cc1. The summed E-state index contributed by atoms with van der Waals surface area (Å²) >= 11 is 0. The first-order valence-corrected chi connectivity index (χ1v) is 8.98. The standard InChI is InChI=1S/C21H22N4O4/c1-4-29-16-8-6-15(7-9-16)17-12-18(24-23-17)21(26)25-22-13-14-5-10-19(27-2)20(11-14)28-3/h5-13H,4H2,1-3H3,(H,23,24)(H,25,26)/b22-13-. The number of rotatable bonds is 8. The van der Waals surface area contributed by atoms with E-state index in [9.17, 15) is 4.79 Å². The normalized spacial score (nSPS) is 10.7. The van der Waals surface area contributed by atoms with E-state index >= 15 is 0 Å². The third-order valence-corrected chi connectivity index (χ3v) is 4.07. The predicted molar refractivity (Wildman–Crippen MR) is 110 cm³/mol. The van der Waals surface area contributed by atoms with Crippen LogP contribution < -0.4 is 19.6 Å². The fourth-order valence-corrected chi connectivity index (χ4v) is 2.63. The van der Waals surface area contributed by atoms with Gasteiger partial charge in [-0.1, -0.05) is 0 Å². The fourth-order valence-electron chi connectivity index (χ4n) is 2.63. The number of carbonyl (C=O) groups excluding carboxylic acids is 1. The van der Waals surface area contributed by atoms with E-state index in [0.717, 1.165) is 16.9 Å². The Morgan fingerprint density at radius 1 is 1.10 bits per heavy atom. The van der Waals surface area contributed by atoms with Gasteiger partial charge < -0.3 is 14.2 Å². The number of carbonyl (C=O) groups is 1. The Morgan fingerprint density at radius 2 is 1.86 bits per heavy atom. The van der Waals surface area contributed by atoms with E-state index in [1.54, 1.807) is 38.5 Å². The number of benzene rings is 2. The van der Waals surface area contributed by atoms with Gasteiger partial charge in [-0.15, -0.1) is 0 Å². The zero-order valence-electron chi connectivity index (χ0n) is 16.4. The van der Waals surface area contributed by atoms with E-state index in [0.29, 0.717) is 29.5 Å². The van der Waals surface area contributed by atoms with E-state index in [2.05, 4.69) is 20.7 Å². The number of hydrogen-bond donors (Lipinski definition) is 2. The summed E-state index contributed by atoms with van der Waals surface area (Å²) < 4.78 is 15.9. The van der Waals surface area contributed by atoms with Crippen molar-refractivity contribution in [1.82, 2.24) is 15.6 Å². The van der Waals surface area contributed by atoms with Crippen molar-refractivity contribution in [2.45, 2.75) is 6.92 Å². The van der Waals surface area contributed by atoms with Crippen LogP contribution in [-0.2, 0) is 0 Å². The minimum atomic E-state index is -0.397. The van der Waals surface area contributed by atoms with Crippen molar-refractivity contribution in [3.8, 4) is 28.5 Å². The van der Waals surface area contributed by atoms with Gasteiger partial charge in [-0.2, -0.15) is 10.2 Å². The highest BCUT2D eigenvalue weighted by Gasteiger charge is 2.10. The van der Waals surface area contributed by atoms with Crippen LogP contribution in [0.1, 0.15) is 23.0 Å². The minimum Gasteiger partial charge on any atom is -0.494 e. The second kappa shape index (κ2) is 9.41. The largest absolute Gasteiger partial charge is 0.494 e. The molecule has 3 rings (SSSR count). The number of aromatic amines is 1. The van der Waals surface area contributed by atoms with E-state index in [1.165, 1.54) is 6.21 Å². The Bertz CT molecular complexity index is 996. The monoisotopic (exact) mass is 394 g/mol. The molecule has 29 heavy (non-hydrogen) atoms. The van der Waals surface area contributed by atoms with Crippen LogP contribution in [0, 0.1) is 0 Å². The maximum atomic E-state index is 12.3. The summed E-state index contributed by atoms with van der Waals surface area (Å²) in [5, 5.41) is 10.9. The number of amides is 1. The molecule has 3 aromatic rings. The number of ether oxygens (including phenoxy) is 3. The molecule has 0 radical (unpaired) electrons. The van der Waals surface area contributed by atoms with Gasteiger partial charge in [0.15, 0.2) is 11.5 Å². The molecule has 2 N–H and O–H groups in total. The quantitative estimate of drug-likeness (QED) is 0.451. The first-order chi connectivity index (χ1) is 14.1. The molecule has 0 atom stereocenters.